The van der Waals surface area contributed by atoms with E-state index in [0.29, 0.717) is 5.82 Å². The predicted octanol–water partition coefficient (Wildman–Crippen LogP) is 0.0387. The number of nitrogens with zero attached hydrogens (tertiary/aromatic N) is 2. The lowest BCUT2D eigenvalue weighted by Crippen LogP contribution is -2.35. The molecule has 0 aromatic carbocycles. The lowest BCUT2D eigenvalue weighted by atomic mass is 10.2. The van der Waals surface area contributed by atoms with Gasteiger partial charge in [0, 0.05) is 12.0 Å². The highest BCUT2D eigenvalue weighted by atomic mass is 16.3. The molecule has 1 aromatic rings. The third-order valence-electron chi connectivity index (χ3n) is 1.90. The summed E-state index contributed by atoms with van der Waals surface area (Å²) in [5.74, 6) is 0.616. The molecule has 6 heteroatoms. The Hall–Kier alpha value is -1.43. The number of nitrogens with one attached hydrogen (secondary N) is 2. The molecular weight excluding hydrogens is 196 g/mol. The van der Waals surface area contributed by atoms with Gasteiger partial charge in [0.25, 0.3) is 5.91 Å². The Balaban J connectivity index is 2.66. The molecule has 0 saturated heterocycles. The maximum atomic E-state index is 11.5. The van der Waals surface area contributed by atoms with Gasteiger partial charge in [-0.2, -0.15) is 0 Å². The second kappa shape index (κ2) is 4.88. The highest BCUT2D eigenvalue weighted by molar-refractivity contribution is 5.90. The lowest BCUT2D eigenvalue weighted by Gasteiger charge is -2.07. The van der Waals surface area contributed by atoms with E-state index in [0.717, 1.165) is 0 Å². The van der Waals surface area contributed by atoms with Gasteiger partial charge >= 0.3 is 0 Å². The number of aliphatic hydroxyl groups excluding tert-OH is 1. The molecule has 3 N–H and O–H groups in total. The topological polar surface area (TPSA) is 90.9 Å². The average molecular weight is 212 g/mol. The van der Waals surface area contributed by atoms with Crippen LogP contribution in [0.2, 0.25) is 0 Å². The molecule has 0 aliphatic carbocycles. The average Bonchev–Trinajstić information content (AvgIpc) is 2.66. The lowest BCUT2D eigenvalue weighted by molar-refractivity contribution is 0.0912. The summed E-state index contributed by atoms with van der Waals surface area (Å²) < 4.78 is 0. The summed E-state index contributed by atoms with van der Waals surface area (Å²) in [6.07, 6.45) is 0. The van der Waals surface area contributed by atoms with Crippen LogP contribution < -0.4 is 5.32 Å². The van der Waals surface area contributed by atoms with Gasteiger partial charge < -0.3 is 10.4 Å². The van der Waals surface area contributed by atoms with Crippen molar-refractivity contribution in [3.8, 4) is 0 Å². The first kappa shape index (κ1) is 11.6. The minimum Gasteiger partial charge on any atom is -0.394 e. The molecule has 0 saturated carbocycles. The summed E-state index contributed by atoms with van der Waals surface area (Å²) in [5.41, 5.74) is 0. The molecule has 1 atom stereocenters. The van der Waals surface area contributed by atoms with E-state index >= 15 is 0 Å². The maximum absolute atomic E-state index is 11.5. The number of aromatic nitrogens is 3. The van der Waals surface area contributed by atoms with Crippen LogP contribution in [0.1, 0.15) is 43.1 Å². The highest BCUT2D eigenvalue weighted by Crippen LogP contribution is 2.07. The first-order chi connectivity index (χ1) is 7.04. The third-order valence-corrected chi connectivity index (χ3v) is 1.90. The smallest absolute Gasteiger partial charge is 0.291 e. The fourth-order valence-corrected chi connectivity index (χ4v) is 0.968. The summed E-state index contributed by atoms with van der Waals surface area (Å²) in [6.45, 7) is 5.51. The number of carbonyl (C=O) groups excluding carboxylic acids is 1. The van der Waals surface area contributed by atoms with Gasteiger partial charge in [0.1, 0.15) is 5.82 Å². The number of carbonyl (C=O) groups is 1. The SMILES string of the molecule is CC(C)c1nc(C(=O)N[C@@H](C)CO)n[nH]1. The van der Waals surface area contributed by atoms with Gasteiger partial charge in [-0.25, -0.2) is 4.98 Å². The second-order valence-electron chi connectivity index (χ2n) is 3.76. The van der Waals surface area contributed by atoms with Crippen LogP contribution in [0.5, 0.6) is 0 Å². The standard InChI is InChI=1S/C9H16N4O2/c1-5(2)7-11-8(13-12-7)9(15)10-6(3)4-14/h5-6,14H,4H2,1-3H3,(H,10,15)(H,11,12,13)/t6-/m0/s1. The molecule has 84 valence electrons. The molecule has 0 aliphatic rings. The van der Waals surface area contributed by atoms with Crippen molar-refractivity contribution in [1.29, 1.82) is 0 Å². The van der Waals surface area contributed by atoms with Crippen molar-refractivity contribution in [2.45, 2.75) is 32.7 Å². The van der Waals surface area contributed by atoms with Crippen molar-refractivity contribution < 1.29 is 9.90 Å². The molecule has 0 fully saturated rings. The molecule has 1 rings (SSSR count). The van der Waals surface area contributed by atoms with Gasteiger partial charge in [0.05, 0.1) is 6.61 Å². The normalized spacial score (nSPS) is 12.9. The van der Waals surface area contributed by atoms with Gasteiger partial charge in [-0.05, 0) is 6.92 Å². The molecule has 0 bridgehead atoms. The number of aromatic amines is 1. The molecular formula is C9H16N4O2. The number of rotatable bonds is 4. The zero-order valence-electron chi connectivity index (χ0n) is 9.11. The molecule has 0 unspecified atom stereocenters. The molecule has 15 heavy (non-hydrogen) atoms. The van der Waals surface area contributed by atoms with Gasteiger partial charge in [0.2, 0.25) is 5.82 Å². The number of H-pyrrole nitrogens is 1. The largest absolute Gasteiger partial charge is 0.394 e. The zero-order valence-corrected chi connectivity index (χ0v) is 9.11. The summed E-state index contributed by atoms with van der Waals surface area (Å²) in [4.78, 5) is 15.5. The quantitative estimate of drug-likeness (QED) is 0.657. The monoisotopic (exact) mass is 212 g/mol. The van der Waals surface area contributed by atoms with Crippen LogP contribution in [-0.4, -0.2) is 38.8 Å². The Bertz CT molecular complexity index is 335. The van der Waals surface area contributed by atoms with Gasteiger partial charge in [-0.3, -0.25) is 9.89 Å². The second-order valence-corrected chi connectivity index (χ2v) is 3.76. The first-order valence-corrected chi connectivity index (χ1v) is 4.88. The minimum atomic E-state index is -0.375. The molecule has 1 heterocycles. The Morgan fingerprint density at radius 3 is 2.67 bits per heavy atom. The molecule has 0 aliphatic heterocycles. The van der Waals surface area contributed by atoms with E-state index < -0.39 is 0 Å². The fourth-order valence-electron chi connectivity index (χ4n) is 0.968. The van der Waals surface area contributed by atoms with E-state index in [9.17, 15) is 4.79 Å². The molecule has 0 spiro atoms. The van der Waals surface area contributed by atoms with Gasteiger partial charge in [0.15, 0.2) is 0 Å². The van der Waals surface area contributed by atoms with E-state index in [2.05, 4.69) is 20.5 Å². The number of aliphatic hydroxyl groups is 1. The Morgan fingerprint density at radius 2 is 2.20 bits per heavy atom. The minimum absolute atomic E-state index is 0.104. The molecule has 0 radical (unpaired) electrons. The third kappa shape index (κ3) is 3.02. The van der Waals surface area contributed by atoms with Crippen molar-refractivity contribution >= 4 is 5.91 Å². The maximum Gasteiger partial charge on any atom is 0.291 e. The van der Waals surface area contributed by atoms with Crippen LogP contribution in [0.25, 0.3) is 0 Å². The summed E-state index contributed by atoms with van der Waals surface area (Å²) >= 11 is 0. The summed E-state index contributed by atoms with van der Waals surface area (Å²) in [7, 11) is 0. The Morgan fingerprint density at radius 1 is 1.53 bits per heavy atom. The fraction of sp³-hybridized carbons (Fsp3) is 0.667. The van der Waals surface area contributed by atoms with Crippen molar-refractivity contribution in [2.24, 2.45) is 0 Å². The van der Waals surface area contributed by atoms with Crippen molar-refractivity contribution in [3.63, 3.8) is 0 Å². The molecule has 1 amide bonds. The van der Waals surface area contributed by atoms with Crippen LogP contribution in [0.15, 0.2) is 0 Å². The van der Waals surface area contributed by atoms with E-state index in [1.807, 2.05) is 13.8 Å². The van der Waals surface area contributed by atoms with E-state index in [4.69, 9.17) is 5.11 Å². The van der Waals surface area contributed by atoms with Crippen LogP contribution >= 0.6 is 0 Å². The highest BCUT2D eigenvalue weighted by Gasteiger charge is 2.15. The molecule has 1 aromatic heterocycles. The van der Waals surface area contributed by atoms with Crippen LogP contribution in [0.3, 0.4) is 0 Å². The van der Waals surface area contributed by atoms with Crippen molar-refractivity contribution in [1.82, 2.24) is 20.5 Å². The van der Waals surface area contributed by atoms with Gasteiger partial charge in [-0.15, -0.1) is 5.10 Å². The number of hydrogen-bond donors (Lipinski definition) is 3. The van der Waals surface area contributed by atoms with Crippen molar-refractivity contribution in [3.05, 3.63) is 11.6 Å². The van der Waals surface area contributed by atoms with E-state index in [-0.39, 0.29) is 30.3 Å². The first-order valence-electron chi connectivity index (χ1n) is 4.88. The molecule has 6 nitrogen and oxygen atoms in total. The summed E-state index contributed by atoms with van der Waals surface area (Å²) in [5, 5.41) is 17.8. The van der Waals surface area contributed by atoms with Crippen LogP contribution in [0, 0.1) is 0 Å². The van der Waals surface area contributed by atoms with Crippen LogP contribution in [-0.2, 0) is 0 Å². The Kier molecular flexibility index (Phi) is 3.79. The Labute approximate surface area is 88.1 Å². The zero-order chi connectivity index (χ0) is 11.4. The van der Waals surface area contributed by atoms with E-state index in [1.54, 1.807) is 6.92 Å². The number of hydrogen-bond acceptors (Lipinski definition) is 4. The summed E-state index contributed by atoms with van der Waals surface area (Å²) in [6, 6.07) is -0.293. The van der Waals surface area contributed by atoms with Gasteiger partial charge in [-0.1, -0.05) is 13.8 Å². The van der Waals surface area contributed by atoms with Crippen LogP contribution in [0.4, 0.5) is 0 Å². The van der Waals surface area contributed by atoms with E-state index in [1.165, 1.54) is 0 Å². The predicted molar refractivity (Wildman–Crippen MR) is 54.5 cm³/mol. The number of amides is 1. The van der Waals surface area contributed by atoms with Crippen molar-refractivity contribution in [2.75, 3.05) is 6.61 Å².